The third-order valence-corrected chi connectivity index (χ3v) is 4.19. The van der Waals surface area contributed by atoms with E-state index in [-0.39, 0.29) is 5.91 Å². The number of hydrogen-bond acceptors (Lipinski definition) is 4. The summed E-state index contributed by atoms with van der Waals surface area (Å²) in [5.74, 6) is -0.262. The van der Waals surface area contributed by atoms with Gasteiger partial charge in [-0.2, -0.15) is 0 Å². The minimum atomic E-state index is -0.585. The maximum absolute atomic E-state index is 11.6. The molecule has 5 nitrogen and oxygen atoms in total. The van der Waals surface area contributed by atoms with Crippen LogP contribution in [-0.4, -0.2) is 55.2 Å². The Morgan fingerprint density at radius 2 is 2.25 bits per heavy atom. The van der Waals surface area contributed by atoms with E-state index in [0.717, 1.165) is 45.6 Å². The van der Waals surface area contributed by atoms with Crippen LogP contribution in [0.4, 0.5) is 0 Å². The summed E-state index contributed by atoms with van der Waals surface area (Å²) in [7, 11) is 0. The SMILES string of the molecule is CCNC(C)(CCCN(CC)CC1CCCO1)C(N)=O. The average molecular weight is 285 g/mol. The number of ether oxygens (including phenoxy) is 1. The lowest BCUT2D eigenvalue weighted by atomic mass is 9.94. The summed E-state index contributed by atoms with van der Waals surface area (Å²) >= 11 is 0. The van der Waals surface area contributed by atoms with E-state index in [4.69, 9.17) is 10.5 Å². The fourth-order valence-corrected chi connectivity index (χ4v) is 2.80. The molecule has 118 valence electrons. The van der Waals surface area contributed by atoms with Gasteiger partial charge in [0.25, 0.3) is 0 Å². The van der Waals surface area contributed by atoms with Gasteiger partial charge in [-0.15, -0.1) is 0 Å². The molecule has 2 unspecified atom stereocenters. The summed E-state index contributed by atoms with van der Waals surface area (Å²) in [5, 5.41) is 3.21. The van der Waals surface area contributed by atoms with Crippen LogP contribution in [0, 0.1) is 0 Å². The first-order valence-electron chi connectivity index (χ1n) is 7.90. The lowest BCUT2D eigenvalue weighted by Gasteiger charge is -2.29. The summed E-state index contributed by atoms with van der Waals surface area (Å²) < 4.78 is 5.68. The van der Waals surface area contributed by atoms with Crippen molar-refractivity contribution in [2.45, 2.75) is 58.1 Å². The Kier molecular flexibility index (Phi) is 7.48. The van der Waals surface area contributed by atoms with E-state index in [1.54, 1.807) is 0 Å². The highest BCUT2D eigenvalue weighted by atomic mass is 16.5. The van der Waals surface area contributed by atoms with Gasteiger partial charge in [0.15, 0.2) is 0 Å². The maximum Gasteiger partial charge on any atom is 0.237 e. The van der Waals surface area contributed by atoms with Gasteiger partial charge in [-0.3, -0.25) is 4.79 Å². The lowest BCUT2D eigenvalue weighted by molar-refractivity contribution is -0.124. The number of primary amides is 1. The van der Waals surface area contributed by atoms with E-state index in [0.29, 0.717) is 6.10 Å². The fraction of sp³-hybridized carbons (Fsp3) is 0.933. The fourth-order valence-electron chi connectivity index (χ4n) is 2.80. The summed E-state index contributed by atoms with van der Waals surface area (Å²) in [6.07, 6.45) is 4.49. The van der Waals surface area contributed by atoms with Crippen LogP contribution in [0.1, 0.15) is 46.5 Å². The Labute approximate surface area is 123 Å². The molecule has 5 heteroatoms. The highest BCUT2D eigenvalue weighted by molar-refractivity contribution is 5.84. The zero-order valence-corrected chi connectivity index (χ0v) is 13.3. The molecular formula is C15H31N3O2. The summed E-state index contributed by atoms with van der Waals surface area (Å²) in [4.78, 5) is 14.0. The van der Waals surface area contributed by atoms with E-state index in [9.17, 15) is 4.79 Å². The Bertz CT molecular complexity index is 293. The van der Waals surface area contributed by atoms with E-state index in [1.807, 2.05) is 13.8 Å². The number of rotatable bonds is 10. The molecule has 0 aromatic rings. The zero-order valence-electron chi connectivity index (χ0n) is 13.3. The predicted octanol–water partition coefficient (Wildman–Crippen LogP) is 1.12. The Morgan fingerprint density at radius 3 is 2.75 bits per heavy atom. The molecule has 20 heavy (non-hydrogen) atoms. The van der Waals surface area contributed by atoms with Crippen molar-refractivity contribution in [3.63, 3.8) is 0 Å². The number of carbonyl (C=O) groups excluding carboxylic acids is 1. The molecule has 1 saturated heterocycles. The first-order chi connectivity index (χ1) is 9.51. The van der Waals surface area contributed by atoms with Crippen LogP contribution in [0.25, 0.3) is 0 Å². The van der Waals surface area contributed by atoms with E-state index >= 15 is 0 Å². The molecular weight excluding hydrogens is 254 g/mol. The Balaban J connectivity index is 2.33. The van der Waals surface area contributed by atoms with Crippen LogP contribution in [-0.2, 0) is 9.53 Å². The average Bonchev–Trinajstić information content (AvgIpc) is 2.90. The standard InChI is InChI=1S/C15H31N3O2/c1-4-17-15(3,14(16)19)9-7-10-18(5-2)12-13-8-6-11-20-13/h13,17H,4-12H2,1-3H3,(H2,16,19). The second-order valence-corrected chi connectivity index (χ2v) is 5.86. The molecule has 1 aliphatic rings. The van der Waals surface area contributed by atoms with Crippen molar-refractivity contribution in [2.24, 2.45) is 5.73 Å². The smallest absolute Gasteiger partial charge is 0.237 e. The third-order valence-electron chi connectivity index (χ3n) is 4.19. The molecule has 1 rings (SSSR count). The molecule has 0 bridgehead atoms. The summed E-state index contributed by atoms with van der Waals surface area (Å²) in [5.41, 5.74) is 4.92. The van der Waals surface area contributed by atoms with Crippen LogP contribution in [0.5, 0.6) is 0 Å². The Morgan fingerprint density at radius 1 is 1.50 bits per heavy atom. The highest BCUT2D eigenvalue weighted by Crippen LogP contribution is 2.15. The normalized spacial score (nSPS) is 22.1. The topological polar surface area (TPSA) is 67.6 Å². The van der Waals surface area contributed by atoms with Gasteiger partial charge in [0.1, 0.15) is 0 Å². The van der Waals surface area contributed by atoms with Crippen molar-refractivity contribution in [3.05, 3.63) is 0 Å². The van der Waals surface area contributed by atoms with E-state index in [2.05, 4.69) is 17.1 Å². The van der Waals surface area contributed by atoms with E-state index < -0.39 is 5.54 Å². The minimum Gasteiger partial charge on any atom is -0.377 e. The zero-order chi connectivity index (χ0) is 15.0. The van der Waals surface area contributed by atoms with Gasteiger partial charge in [0.2, 0.25) is 5.91 Å². The van der Waals surface area contributed by atoms with Crippen molar-refractivity contribution in [3.8, 4) is 0 Å². The number of nitrogens with two attached hydrogens (primary N) is 1. The number of carbonyl (C=O) groups is 1. The van der Waals surface area contributed by atoms with Crippen molar-refractivity contribution in [2.75, 3.05) is 32.8 Å². The van der Waals surface area contributed by atoms with Gasteiger partial charge in [0.05, 0.1) is 11.6 Å². The van der Waals surface area contributed by atoms with E-state index in [1.165, 1.54) is 12.8 Å². The van der Waals surface area contributed by atoms with Crippen molar-refractivity contribution < 1.29 is 9.53 Å². The predicted molar refractivity (Wildman–Crippen MR) is 81.6 cm³/mol. The molecule has 0 spiro atoms. The molecule has 1 fully saturated rings. The van der Waals surface area contributed by atoms with Crippen LogP contribution in [0.15, 0.2) is 0 Å². The first-order valence-corrected chi connectivity index (χ1v) is 7.90. The molecule has 3 N–H and O–H groups in total. The maximum atomic E-state index is 11.6. The molecule has 1 heterocycles. The molecule has 0 aromatic carbocycles. The van der Waals surface area contributed by atoms with Gasteiger partial charge in [-0.05, 0) is 52.2 Å². The molecule has 0 radical (unpaired) electrons. The van der Waals surface area contributed by atoms with Gasteiger partial charge in [-0.1, -0.05) is 13.8 Å². The number of nitrogens with one attached hydrogen (secondary N) is 1. The molecule has 0 saturated carbocycles. The quantitative estimate of drug-likeness (QED) is 0.631. The summed E-state index contributed by atoms with van der Waals surface area (Å²) in [6, 6.07) is 0. The Hall–Kier alpha value is -0.650. The van der Waals surface area contributed by atoms with Gasteiger partial charge in [-0.25, -0.2) is 0 Å². The second kappa shape index (κ2) is 8.60. The van der Waals surface area contributed by atoms with Crippen LogP contribution in [0.2, 0.25) is 0 Å². The third kappa shape index (κ3) is 5.38. The van der Waals surface area contributed by atoms with Crippen molar-refractivity contribution in [1.29, 1.82) is 0 Å². The van der Waals surface area contributed by atoms with Crippen LogP contribution >= 0.6 is 0 Å². The lowest BCUT2D eigenvalue weighted by Crippen LogP contribution is -2.53. The molecule has 0 aliphatic carbocycles. The van der Waals surface area contributed by atoms with Gasteiger partial charge < -0.3 is 20.7 Å². The minimum absolute atomic E-state index is 0.262. The first kappa shape index (κ1) is 17.4. The highest BCUT2D eigenvalue weighted by Gasteiger charge is 2.29. The molecule has 1 aliphatic heterocycles. The van der Waals surface area contributed by atoms with Crippen molar-refractivity contribution >= 4 is 5.91 Å². The second-order valence-electron chi connectivity index (χ2n) is 5.86. The number of amides is 1. The molecule has 0 aromatic heterocycles. The van der Waals surface area contributed by atoms with Gasteiger partial charge >= 0.3 is 0 Å². The van der Waals surface area contributed by atoms with Crippen LogP contribution in [0.3, 0.4) is 0 Å². The monoisotopic (exact) mass is 285 g/mol. The summed E-state index contributed by atoms with van der Waals surface area (Å²) in [6.45, 7) is 10.7. The molecule has 1 amide bonds. The van der Waals surface area contributed by atoms with Crippen LogP contribution < -0.4 is 11.1 Å². The number of likely N-dealkylation sites (N-methyl/N-ethyl adjacent to an activating group) is 2. The number of hydrogen-bond donors (Lipinski definition) is 2. The van der Waals surface area contributed by atoms with Gasteiger partial charge in [0, 0.05) is 13.2 Å². The largest absolute Gasteiger partial charge is 0.377 e. The number of nitrogens with zero attached hydrogens (tertiary/aromatic N) is 1. The molecule has 2 atom stereocenters. The van der Waals surface area contributed by atoms with Crippen molar-refractivity contribution in [1.82, 2.24) is 10.2 Å².